The molecule has 7 nitrogen and oxygen atoms in total. The van der Waals surface area contributed by atoms with Crippen LogP contribution >= 0.6 is 0 Å². The van der Waals surface area contributed by atoms with Crippen LogP contribution in [0.15, 0.2) is 35.1 Å². The molecule has 8 heteroatoms. The third kappa shape index (κ3) is 6.43. The maximum Gasteiger partial charge on any atom is 0.409 e. The van der Waals surface area contributed by atoms with Crippen molar-refractivity contribution in [1.82, 2.24) is 10.3 Å². The molecule has 2 heterocycles. The molecule has 3 rings (SSSR count). The third-order valence-electron chi connectivity index (χ3n) is 5.61. The first kappa shape index (κ1) is 24.5. The zero-order valence-electron chi connectivity index (χ0n) is 20.1. The van der Waals surface area contributed by atoms with Crippen LogP contribution in [0.5, 0.6) is 0 Å². The number of ether oxygens (including phenoxy) is 3. The number of oxazole rings is 1. The number of nitrogens with one attached hydrogen (secondary N) is 1. The fourth-order valence-electron chi connectivity index (χ4n) is 3.81. The smallest absolute Gasteiger partial charge is 0.409 e. The highest BCUT2D eigenvalue weighted by Gasteiger charge is 2.39. The summed E-state index contributed by atoms with van der Waals surface area (Å²) in [7, 11) is -1.18. The van der Waals surface area contributed by atoms with Crippen LogP contribution in [-0.2, 0) is 20.6 Å². The number of carbonyl (C=O) groups excluding carboxylic acids is 1. The molecule has 0 radical (unpaired) electrons. The summed E-state index contributed by atoms with van der Waals surface area (Å²) in [6, 6.07) is 6.78. The lowest BCUT2D eigenvalue weighted by atomic mass is 9.78. The van der Waals surface area contributed by atoms with E-state index >= 15 is 0 Å². The Bertz CT molecular complexity index is 887. The molecule has 176 valence electrons. The molecular weight excluding hydrogens is 424 g/mol. The van der Waals surface area contributed by atoms with Gasteiger partial charge in [-0.3, -0.25) is 0 Å². The highest BCUT2D eigenvalue weighted by molar-refractivity contribution is 6.76. The zero-order chi connectivity index (χ0) is 23.4. The highest BCUT2D eigenvalue weighted by Crippen LogP contribution is 2.40. The van der Waals surface area contributed by atoms with Crippen LogP contribution in [-0.4, -0.2) is 45.2 Å². The first-order valence-electron chi connectivity index (χ1n) is 11.2. The fraction of sp³-hybridized carbons (Fsp3) is 0.583. The van der Waals surface area contributed by atoms with Gasteiger partial charge in [-0.2, -0.15) is 0 Å². The van der Waals surface area contributed by atoms with E-state index in [0.29, 0.717) is 19.1 Å². The number of hydrogen-bond donors (Lipinski definition) is 1. The Balaban J connectivity index is 1.71. The molecule has 0 fully saturated rings. The second kappa shape index (κ2) is 10.2. The normalized spacial score (nSPS) is 17.5. The molecule has 1 aliphatic heterocycles. The number of amides is 1. The first-order valence-corrected chi connectivity index (χ1v) is 14.9. The summed E-state index contributed by atoms with van der Waals surface area (Å²) in [6.07, 6.45) is 3.17. The van der Waals surface area contributed by atoms with E-state index in [2.05, 4.69) is 56.8 Å². The number of nitrogens with zero attached hydrogens (tertiary/aromatic N) is 1. The van der Waals surface area contributed by atoms with E-state index in [0.717, 1.165) is 29.2 Å². The van der Waals surface area contributed by atoms with Crippen LogP contribution < -0.4 is 5.32 Å². The maximum atomic E-state index is 12.6. The Kier molecular flexibility index (Phi) is 7.79. The summed E-state index contributed by atoms with van der Waals surface area (Å²) in [6.45, 7) is 14.2. The van der Waals surface area contributed by atoms with Gasteiger partial charge in [0, 0.05) is 20.2 Å². The van der Waals surface area contributed by atoms with E-state index in [1.165, 1.54) is 0 Å². The SMILES string of the molecule is CC(C)(C)C(NC(=O)OCOCC[Si](C)(C)C)C1OCCc2c(-c3ncco3)cccc21. The van der Waals surface area contributed by atoms with Crippen molar-refractivity contribution in [3.8, 4) is 11.5 Å². The predicted molar refractivity (Wildman–Crippen MR) is 126 cm³/mol. The number of rotatable bonds is 8. The van der Waals surface area contributed by atoms with Crippen molar-refractivity contribution in [3.63, 3.8) is 0 Å². The molecule has 1 aromatic carbocycles. The number of benzene rings is 1. The third-order valence-corrected chi connectivity index (χ3v) is 7.31. The molecule has 2 aromatic rings. The van der Waals surface area contributed by atoms with Gasteiger partial charge in [0.05, 0.1) is 18.8 Å². The lowest BCUT2D eigenvalue weighted by Crippen LogP contribution is -2.49. The van der Waals surface area contributed by atoms with E-state index in [1.807, 2.05) is 12.1 Å². The largest absolute Gasteiger partial charge is 0.445 e. The molecule has 1 amide bonds. The van der Waals surface area contributed by atoms with Crippen molar-refractivity contribution in [2.45, 2.75) is 65.0 Å². The number of aromatic nitrogens is 1. The van der Waals surface area contributed by atoms with E-state index in [9.17, 15) is 4.79 Å². The van der Waals surface area contributed by atoms with Gasteiger partial charge in [-0.15, -0.1) is 0 Å². The molecule has 0 saturated heterocycles. The van der Waals surface area contributed by atoms with Crippen LogP contribution in [0.2, 0.25) is 25.7 Å². The van der Waals surface area contributed by atoms with Crippen LogP contribution in [0, 0.1) is 5.41 Å². The standard InChI is InChI=1S/C24H36N2O5Si/c1-24(2,3)21(26-23(27)31-16-28-14-15-32(4,5)6)20-18-8-7-9-19(17(18)10-12-29-20)22-25-11-13-30-22/h7-9,11,13,20-21H,10,12,14-16H2,1-6H3,(H,26,27). The topological polar surface area (TPSA) is 82.8 Å². The summed E-state index contributed by atoms with van der Waals surface area (Å²) >= 11 is 0. The van der Waals surface area contributed by atoms with Gasteiger partial charge in [0.2, 0.25) is 5.89 Å². The molecule has 1 aromatic heterocycles. The summed E-state index contributed by atoms with van der Waals surface area (Å²) in [5.41, 5.74) is 2.88. The molecule has 1 N–H and O–H groups in total. The van der Waals surface area contributed by atoms with Crippen molar-refractivity contribution >= 4 is 14.2 Å². The Hall–Kier alpha value is -2.16. The van der Waals surface area contributed by atoms with Gasteiger partial charge in [0.25, 0.3) is 0 Å². The summed E-state index contributed by atoms with van der Waals surface area (Å²) < 4.78 is 22.6. The molecule has 2 unspecified atom stereocenters. The molecule has 0 aliphatic carbocycles. The Morgan fingerprint density at radius 1 is 1.31 bits per heavy atom. The van der Waals surface area contributed by atoms with E-state index in [4.69, 9.17) is 18.6 Å². The average Bonchev–Trinajstić information content (AvgIpc) is 3.24. The van der Waals surface area contributed by atoms with Gasteiger partial charge >= 0.3 is 6.09 Å². The van der Waals surface area contributed by atoms with Crippen molar-refractivity contribution in [1.29, 1.82) is 0 Å². The fourth-order valence-corrected chi connectivity index (χ4v) is 4.56. The first-order chi connectivity index (χ1) is 15.1. The predicted octanol–water partition coefficient (Wildman–Crippen LogP) is 5.41. The lowest BCUT2D eigenvalue weighted by Gasteiger charge is -2.40. The minimum absolute atomic E-state index is 0.0520. The van der Waals surface area contributed by atoms with Gasteiger partial charge in [0.15, 0.2) is 6.79 Å². The quantitative estimate of drug-likeness (QED) is 0.322. The summed E-state index contributed by atoms with van der Waals surface area (Å²) in [4.78, 5) is 16.9. The van der Waals surface area contributed by atoms with Crippen molar-refractivity contribution < 1.29 is 23.4 Å². The Labute approximate surface area is 191 Å². The number of carbonyl (C=O) groups is 1. The second-order valence-corrected chi connectivity index (χ2v) is 16.1. The van der Waals surface area contributed by atoms with Gasteiger partial charge < -0.3 is 23.9 Å². The van der Waals surface area contributed by atoms with Crippen molar-refractivity contribution in [3.05, 3.63) is 41.8 Å². The Morgan fingerprint density at radius 3 is 2.75 bits per heavy atom. The molecule has 1 aliphatic rings. The van der Waals surface area contributed by atoms with Gasteiger partial charge in [-0.1, -0.05) is 52.5 Å². The molecular formula is C24H36N2O5Si. The maximum absolute atomic E-state index is 12.6. The van der Waals surface area contributed by atoms with E-state index in [-0.39, 0.29) is 24.4 Å². The number of alkyl carbamates (subject to hydrolysis) is 1. The molecule has 32 heavy (non-hydrogen) atoms. The van der Waals surface area contributed by atoms with Crippen LogP contribution in [0.25, 0.3) is 11.5 Å². The Morgan fingerprint density at radius 2 is 2.09 bits per heavy atom. The van der Waals surface area contributed by atoms with Gasteiger partial charge in [0.1, 0.15) is 12.4 Å². The molecule has 0 bridgehead atoms. The summed E-state index contributed by atoms with van der Waals surface area (Å²) in [5.74, 6) is 0.595. The minimum atomic E-state index is -1.18. The van der Waals surface area contributed by atoms with Crippen LogP contribution in [0.4, 0.5) is 4.79 Å². The second-order valence-electron chi connectivity index (χ2n) is 10.5. The van der Waals surface area contributed by atoms with E-state index in [1.54, 1.807) is 12.5 Å². The van der Waals surface area contributed by atoms with Crippen molar-refractivity contribution in [2.75, 3.05) is 20.0 Å². The van der Waals surface area contributed by atoms with E-state index < -0.39 is 14.2 Å². The molecule has 0 saturated carbocycles. The monoisotopic (exact) mass is 460 g/mol. The number of fused-ring (bicyclic) bond motifs is 1. The van der Waals surface area contributed by atoms with Crippen LogP contribution in [0.3, 0.4) is 0 Å². The highest BCUT2D eigenvalue weighted by atomic mass is 28.3. The average molecular weight is 461 g/mol. The molecule has 2 atom stereocenters. The lowest BCUT2D eigenvalue weighted by molar-refractivity contribution is -0.0314. The van der Waals surface area contributed by atoms with Crippen molar-refractivity contribution in [2.24, 2.45) is 5.41 Å². The van der Waals surface area contributed by atoms with Gasteiger partial charge in [-0.05, 0) is 35.1 Å². The zero-order valence-corrected chi connectivity index (χ0v) is 21.1. The van der Waals surface area contributed by atoms with Crippen LogP contribution in [0.1, 0.15) is 38.0 Å². The minimum Gasteiger partial charge on any atom is -0.445 e. The van der Waals surface area contributed by atoms with Gasteiger partial charge in [-0.25, -0.2) is 9.78 Å². The summed E-state index contributed by atoms with van der Waals surface area (Å²) in [5, 5.41) is 3.03. The number of hydrogen-bond acceptors (Lipinski definition) is 6. The molecule has 0 spiro atoms.